The Bertz CT molecular complexity index is 1190. The second kappa shape index (κ2) is 13.6. The zero-order valence-electron chi connectivity index (χ0n) is 20.7. The van der Waals surface area contributed by atoms with Gasteiger partial charge in [0.25, 0.3) is 5.91 Å². The number of aliphatic hydroxyl groups is 1. The van der Waals surface area contributed by atoms with Crippen LogP contribution in [0.3, 0.4) is 0 Å². The SMILES string of the molecule is COc1ccc(C2Sc3cc(Cl)ccc3N(CCN(C)Cc3ccccc3)C(=O)C2O)cc1.[O-][Cl+3]([O-])([O-])O. The molecule has 3 aromatic carbocycles. The number of amides is 1. The molecular weight excluding hydrogens is 555 g/mol. The van der Waals surface area contributed by atoms with Crippen LogP contribution in [0.15, 0.2) is 77.7 Å². The molecule has 1 heterocycles. The summed E-state index contributed by atoms with van der Waals surface area (Å²) in [5, 5.41) is 11.3. The van der Waals surface area contributed by atoms with E-state index in [2.05, 4.69) is 17.0 Å². The van der Waals surface area contributed by atoms with Crippen LogP contribution < -0.4 is 23.6 Å². The Labute approximate surface area is 232 Å². The normalized spacial score (nSPS) is 17.4. The van der Waals surface area contributed by atoms with Gasteiger partial charge in [-0.1, -0.05) is 54.1 Å². The summed E-state index contributed by atoms with van der Waals surface area (Å²) in [6, 6.07) is 23.2. The molecule has 2 N–H and O–H groups in total. The maximum absolute atomic E-state index is 13.5. The van der Waals surface area contributed by atoms with Crippen molar-refractivity contribution in [1.82, 2.24) is 4.90 Å². The smallest absolute Gasteiger partial charge is 0.257 e. The molecule has 38 heavy (non-hydrogen) atoms. The molecule has 0 radical (unpaired) electrons. The summed E-state index contributed by atoms with van der Waals surface area (Å²) in [6.45, 7) is 1.90. The van der Waals surface area contributed by atoms with Gasteiger partial charge in [0.2, 0.25) is 0 Å². The van der Waals surface area contributed by atoms with Crippen LogP contribution in [0.1, 0.15) is 16.4 Å². The summed E-state index contributed by atoms with van der Waals surface area (Å²) in [4.78, 5) is 18.2. The summed E-state index contributed by atoms with van der Waals surface area (Å²) in [5.74, 6) is 0.419. The minimum Gasteiger partial charge on any atom is -0.497 e. The second-order valence-electron chi connectivity index (χ2n) is 8.48. The molecule has 2 unspecified atom stereocenters. The van der Waals surface area contributed by atoms with E-state index < -0.39 is 21.6 Å². The van der Waals surface area contributed by atoms with E-state index in [4.69, 9.17) is 35.0 Å². The lowest BCUT2D eigenvalue weighted by molar-refractivity contribution is -1.92. The van der Waals surface area contributed by atoms with Crippen molar-refractivity contribution in [3.05, 3.63) is 88.9 Å². The van der Waals surface area contributed by atoms with Gasteiger partial charge in [0.1, 0.15) is 11.9 Å². The van der Waals surface area contributed by atoms with Gasteiger partial charge in [-0.25, -0.2) is 0 Å². The zero-order chi connectivity index (χ0) is 27.9. The van der Waals surface area contributed by atoms with Crippen LogP contribution in [0.4, 0.5) is 5.69 Å². The average Bonchev–Trinajstić information content (AvgIpc) is 2.96. The number of anilines is 1. The summed E-state index contributed by atoms with van der Waals surface area (Å²) >= 11 is 7.76. The Morgan fingerprint density at radius 2 is 1.71 bits per heavy atom. The van der Waals surface area contributed by atoms with Crippen LogP contribution in [0.25, 0.3) is 0 Å². The molecule has 1 aliphatic heterocycles. The highest BCUT2D eigenvalue weighted by Crippen LogP contribution is 2.46. The van der Waals surface area contributed by atoms with Gasteiger partial charge < -0.3 is 19.6 Å². The Hall–Kier alpha value is -2.38. The van der Waals surface area contributed by atoms with Crippen LogP contribution in [-0.2, 0) is 11.3 Å². The number of likely N-dealkylation sites (N-methyl/N-ethyl adjacent to an activating group) is 1. The van der Waals surface area contributed by atoms with Crippen molar-refractivity contribution >= 4 is 35.0 Å². The molecule has 12 heteroatoms. The van der Waals surface area contributed by atoms with E-state index >= 15 is 0 Å². The van der Waals surface area contributed by atoms with Gasteiger partial charge in [0, 0.05) is 29.6 Å². The quantitative estimate of drug-likeness (QED) is 0.415. The van der Waals surface area contributed by atoms with Gasteiger partial charge in [-0.05, 0) is 48.5 Å². The number of fused-ring (bicyclic) bond motifs is 1. The van der Waals surface area contributed by atoms with Crippen LogP contribution >= 0.6 is 23.4 Å². The molecule has 9 nitrogen and oxygen atoms in total. The van der Waals surface area contributed by atoms with Crippen molar-refractivity contribution in [1.29, 1.82) is 0 Å². The third-order valence-corrected chi connectivity index (χ3v) is 7.32. The fourth-order valence-electron chi connectivity index (χ4n) is 3.93. The molecule has 0 spiro atoms. The second-order valence-corrected chi connectivity index (χ2v) is 10.9. The first-order valence-electron chi connectivity index (χ1n) is 11.4. The number of hydrogen-bond acceptors (Lipinski definition) is 9. The van der Waals surface area contributed by atoms with Gasteiger partial charge in [0.05, 0.1) is 32.9 Å². The number of aliphatic hydroxyl groups excluding tert-OH is 1. The third kappa shape index (κ3) is 8.84. The number of carbonyl (C=O) groups is 1. The molecule has 0 saturated carbocycles. The predicted octanol–water partition coefficient (Wildman–Crippen LogP) is 0.898. The highest BCUT2D eigenvalue weighted by atomic mass is 35.7. The largest absolute Gasteiger partial charge is 0.497 e. The van der Waals surface area contributed by atoms with Gasteiger partial charge >= 0.3 is 0 Å². The number of methoxy groups -OCH3 is 1. The topological polar surface area (TPSA) is 142 Å². The molecule has 2 atom stereocenters. The van der Waals surface area contributed by atoms with E-state index in [1.165, 1.54) is 17.3 Å². The third-order valence-electron chi connectivity index (χ3n) is 5.72. The van der Waals surface area contributed by atoms with Crippen molar-refractivity contribution in [2.75, 3.05) is 32.1 Å². The summed E-state index contributed by atoms with van der Waals surface area (Å²) in [6.07, 6.45) is -1.19. The average molecular weight is 583 g/mol. The van der Waals surface area contributed by atoms with E-state index in [9.17, 15) is 9.90 Å². The Morgan fingerprint density at radius 1 is 1.08 bits per heavy atom. The van der Waals surface area contributed by atoms with E-state index in [-0.39, 0.29) is 5.91 Å². The Balaban J connectivity index is 0.000000732. The predicted molar refractivity (Wildman–Crippen MR) is 136 cm³/mol. The maximum Gasteiger partial charge on any atom is 0.257 e. The maximum atomic E-state index is 13.5. The molecule has 4 rings (SSSR count). The first kappa shape index (κ1) is 30.2. The first-order valence-corrected chi connectivity index (χ1v) is 13.9. The minimum atomic E-state index is -4.69. The van der Waals surface area contributed by atoms with Crippen molar-refractivity contribution in [3.63, 3.8) is 0 Å². The van der Waals surface area contributed by atoms with Crippen LogP contribution in [0.2, 0.25) is 5.02 Å². The number of carbonyl (C=O) groups excluding carboxylic acids is 1. The van der Waals surface area contributed by atoms with E-state index in [1.807, 2.05) is 61.6 Å². The van der Waals surface area contributed by atoms with Crippen LogP contribution in [-0.4, -0.2) is 53.9 Å². The molecule has 204 valence electrons. The number of thioether (sulfide) groups is 1. The van der Waals surface area contributed by atoms with E-state index in [0.717, 1.165) is 28.4 Å². The molecule has 0 aromatic heterocycles. The number of nitrogens with zero attached hydrogens (tertiary/aromatic N) is 2. The lowest BCUT2D eigenvalue weighted by Crippen LogP contribution is -2.58. The first-order chi connectivity index (χ1) is 18.0. The van der Waals surface area contributed by atoms with E-state index in [0.29, 0.717) is 18.1 Å². The van der Waals surface area contributed by atoms with Crippen LogP contribution in [0, 0.1) is 10.2 Å². The van der Waals surface area contributed by atoms with Gasteiger partial charge in [0.15, 0.2) is 0 Å². The number of halogens is 2. The van der Waals surface area contributed by atoms with Gasteiger partial charge in [-0.15, -0.1) is 11.8 Å². The standard InChI is InChI=1S/C26H27ClN2O3S.ClHO4/c1-28(17-18-6-4-3-5-7-18)14-15-29-22-13-10-20(27)16-23(22)33-25(24(30)26(29)31)19-8-11-21(32-2)12-9-19;2-1(3,4)5/h3-13,16,24-25,30H,14-15,17H2,1-2H3;(H,2,3,4,5). The van der Waals surface area contributed by atoms with Crippen molar-refractivity contribution in [2.24, 2.45) is 0 Å². The number of rotatable bonds is 7. The summed E-state index contributed by atoms with van der Waals surface area (Å²) < 4.78 is 38.0. The molecule has 1 aliphatic rings. The molecule has 3 aromatic rings. The molecule has 0 bridgehead atoms. The molecule has 1 amide bonds. The van der Waals surface area contributed by atoms with Gasteiger partial charge in [-0.3, -0.25) is 4.79 Å². The molecule has 0 fully saturated rings. The van der Waals surface area contributed by atoms with Crippen molar-refractivity contribution < 1.29 is 43.5 Å². The monoisotopic (exact) mass is 582 g/mol. The fourth-order valence-corrected chi connectivity index (χ4v) is 5.48. The number of benzene rings is 3. The van der Waals surface area contributed by atoms with E-state index in [1.54, 1.807) is 18.1 Å². The summed E-state index contributed by atoms with van der Waals surface area (Å²) in [5.41, 5.74) is 2.85. The fraction of sp³-hybridized carbons (Fsp3) is 0.269. The van der Waals surface area contributed by atoms with Crippen molar-refractivity contribution in [2.45, 2.75) is 22.8 Å². The lowest BCUT2D eigenvalue weighted by atomic mass is 10.1. The molecular formula is C26H28Cl2N2O7S. The van der Waals surface area contributed by atoms with Crippen LogP contribution in [0.5, 0.6) is 5.75 Å². The highest BCUT2D eigenvalue weighted by Gasteiger charge is 2.37. The molecule has 0 aliphatic carbocycles. The van der Waals surface area contributed by atoms with Gasteiger partial charge in [-0.2, -0.15) is 14.0 Å². The Morgan fingerprint density at radius 3 is 2.32 bits per heavy atom. The molecule has 0 saturated heterocycles. The minimum absolute atomic E-state index is 0.308. The summed E-state index contributed by atoms with van der Waals surface area (Å²) in [7, 11) is -1.05. The number of ether oxygens (including phenoxy) is 1. The highest BCUT2D eigenvalue weighted by molar-refractivity contribution is 7.99. The lowest BCUT2D eigenvalue weighted by Gasteiger charge is -2.27. The Kier molecular flexibility index (Phi) is 10.8. The zero-order valence-corrected chi connectivity index (χ0v) is 23.0. The van der Waals surface area contributed by atoms with Crippen molar-refractivity contribution in [3.8, 4) is 5.75 Å². The number of hydrogen-bond donors (Lipinski definition) is 2.